The van der Waals surface area contributed by atoms with E-state index in [2.05, 4.69) is 9.98 Å². The van der Waals surface area contributed by atoms with Gasteiger partial charge in [0.25, 0.3) is 11.5 Å². The molecule has 0 spiro atoms. The molecule has 3 heterocycles. The number of hydrogen-bond acceptors (Lipinski definition) is 6. The Hall–Kier alpha value is -4.18. The summed E-state index contributed by atoms with van der Waals surface area (Å²) in [4.78, 5) is 48.4. The fourth-order valence-corrected chi connectivity index (χ4v) is 3.86. The molecule has 3 aromatic heterocycles. The van der Waals surface area contributed by atoms with Gasteiger partial charge in [0, 0.05) is 24.9 Å². The lowest BCUT2D eigenvalue weighted by molar-refractivity contribution is 0.0523. The zero-order valence-corrected chi connectivity index (χ0v) is 20.8. The summed E-state index contributed by atoms with van der Waals surface area (Å²) in [6.07, 6.45) is 2.10. The predicted octanol–water partition coefficient (Wildman–Crippen LogP) is 3.52. The van der Waals surface area contributed by atoms with Crippen molar-refractivity contribution < 1.29 is 23.5 Å². The van der Waals surface area contributed by atoms with E-state index in [1.165, 1.54) is 22.6 Å². The standard InChI is InChI=1S/C27H27FN4O5/c1-4-36-27(35)21-16-20-23(29-22-8-5-6-13-31(22)26(20)34)32(14-7-15-37-17(2)3)24(21)30-25(33)18-9-11-19(28)12-10-18/h5-6,8-13,16-17H,4,7,14-15H2,1-3H3. The fraction of sp³-hybridized carbons (Fsp3) is 0.296. The molecule has 0 aliphatic carbocycles. The molecule has 192 valence electrons. The van der Waals surface area contributed by atoms with Gasteiger partial charge in [0.15, 0.2) is 5.49 Å². The number of fused-ring (bicyclic) bond motifs is 2. The smallest absolute Gasteiger partial charge is 0.341 e. The molecule has 37 heavy (non-hydrogen) atoms. The van der Waals surface area contributed by atoms with Crippen LogP contribution in [0.2, 0.25) is 0 Å². The first-order valence-electron chi connectivity index (χ1n) is 12.0. The lowest BCUT2D eigenvalue weighted by atomic mass is 10.2. The molecule has 0 fully saturated rings. The van der Waals surface area contributed by atoms with Crippen LogP contribution in [0.5, 0.6) is 0 Å². The van der Waals surface area contributed by atoms with Crippen LogP contribution >= 0.6 is 0 Å². The Morgan fingerprint density at radius 1 is 1.14 bits per heavy atom. The van der Waals surface area contributed by atoms with Crippen LogP contribution in [-0.4, -0.2) is 45.1 Å². The Labute approximate surface area is 211 Å². The summed E-state index contributed by atoms with van der Waals surface area (Å²) in [6, 6.07) is 11.4. The van der Waals surface area contributed by atoms with Gasteiger partial charge in [0.1, 0.15) is 22.7 Å². The van der Waals surface area contributed by atoms with Crippen LogP contribution in [0, 0.1) is 5.82 Å². The van der Waals surface area contributed by atoms with E-state index in [0.29, 0.717) is 18.7 Å². The number of aryl methyl sites for hydroxylation is 1. The highest BCUT2D eigenvalue weighted by molar-refractivity contribution is 5.97. The molecule has 10 heteroatoms. The fourth-order valence-electron chi connectivity index (χ4n) is 3.86. The largest absolute Gasteiger partial charge is 0.462 e. The highest BCUT2D eigenvalue weighted by Crippen LogP contribution is 2.13. The van der Waals surface area contributed by atoms with Gasteiger partial charge in [0.2, 0.25) is 0 Å². The average Bonchev–Trinajstić information content (AvgIpc) is 2.88. The molecule has 4 rings (SSSR count). The average molecular weight is 507 g/mol. The Bertz CT molecular complexity index is 1590. The van der Waals surface area contributed by atoms with Crippen molar-refractivity contribution in [3.05, 3.63) is 87.5 Å². The van der Waals surface area contributed by atoms with Crippen molar-refractivity contribution in [2.75, 3.05) is 13.2 Å². The SMILES string of the molecule is CCOC(=O)c1cc2c(=O)n3ccccc3nc2n(CCCOC(C)C)c1=NC(=O)c1ccc(F)cc1. The van der Waals surface area contributed by atoms with Crippen molar-refractivity contribution in [3.8, 4) is 0 Å². The molecule has 1 amide bonds. The normalized spacial score (nSPS) is 12.0. The number of ether oxygens (including phenoxy) is 2. The number of halogens is 1. The highest BCUT2D eigenvalue weighted by atomic mass is 19.1. The molecule has 0 N–H and O–H groups in total. The van der Waals surface area contributed by atoms with Gasteiger partial charge in [-0.1, -0.05) is 6.07 Å². The second kappa shape index (κ2) is 11.3. The van der Waals surface area contributed by atoms with Crippen molar-refractivity contribution in [1.29, 1.82) is 0 Å². The molecule has 4 aromatic rings. The quantitative estimate of drug-likeness (QED) is 0.206. The van der Waals surface area contributed by atoms with E-state index in [1.807, 2.05) is 13.8 Å². The first-order valence-corrected chi connectivity index (χ1v) is 12.0. The number of nitrogens with zero attached hydrogens (tertiary/aromatic N) is 4. The third kappa shape index (κ3) is 5.64. The van der Waals surface area contributed by atoms with Gasteiger partial charge in [-0.2, -0.15) is 4.99 Å². The van der Waals surface area contributed by atoms with Crippen molar-refractivity contribution in [1.82, 2.24) is 14.0 Å². The monoisotopic (exact) mass is 506 g/mol. The highest BCUT2D eigenvalue weighted by Gasteiger charge is 2.20. The topological polar surface area (TPSA) is 104 Å². The summed E-state index contributed by atoms with van der Waals surface area (Å²) in [5, 5.41) is 0.171. The van der Waals surface area contributed by atoms with Crippen molar-refractivity contribution in [2.45, 2.75) is 39.8 Å². The van der Waals surface area contributed by atoms with E-state index in [0.717, 1.165) is 12.1 Å². The van der Waals surface area contributed by atoms with Gasteiger partial charge in [0.05, 0.1) is 18.1 Å². The molecule has 0 aliphatic rings. The molecule has 0 saturated carbocycles. The van der Waals surface area contributed by atoms with E-state index in [1.54, 1.807) is 35.9 Å². The van der Waals surface area contributed by atoms with E-state index in [-0.39, 0.29) is 52.5 Å². The number of esters is 1. The van der Waals surface area contributed by atoms with Crippen LogP contribution in [0.4, 0.5) is 4.39 Å². The van der Waals surface area contributed by atoms with Crippen LogP contribution in [0.1, 0.15) is 47.9 Å². The van der Waals surface area contributed by atoms with Gasteiger partial charge in [-0.25, -0.2) is 14.2 Å². The van der Waals surface area contributed by atoms with Crippen molar-refractivity contribution >= 4 is 28.6 Å². The van der Waals surface area contributed by atoms with E-state index >= 15 is 0 Å². The Morgan fingerprint density at radius 2 is 1.89 bits per heavy atom. The minimum absolute atomic E-state index is 0.00277. The Balaban J connectivity index is 2.02. The van der Waals surface area contributed by atoms with Gasteiger partial charge in [-0.3, -0.25) is 14.0 Å². The van der Waals surface area contributed by atoms with Gasteiger partial charge < -0.3 is 14.0 Å². The zero-order chi connectivity index (χ0) is 26.5. The van der Waals surface area contributed by atoms with Crippen LogP contribution < -0.4 is 11.0 Å². The van der Waals surface area contributed by atoms with Crippen LogP contribution in [0.3, 0.4) is 0 Å². The number of benzene rings is 1. The molecule has 9 nitrogen and oxygen atoms in total. The maximum atomic E-state index is 13.4. The third-order valence-corrected chi connectivity index (χ3v) is 5.56. The summed E-state index contributed by atoms with van der Waals surface area (Å²) < 4.78 is 27.3. The molecular weight excluding hydrogens is 479 g/mol. The van der Waals surface area contributed by atoms with E-state index < -0.39 is 17.7 Å². The molecular formula is C27H27FN4O5. The minimum atomic E-state index is -0.736. The lowest BCUT2D eigenvalue weighted by Gasteiger charge is -2.15. The molecule has 0 unspecified atom stereocenters. The van der Waals surface area contributed by atoms with Crippen LogP contribution in [-0.2, 0) is 16.0 Å². The van der Waals surface area contributed by atoms with Crippen molar-refractivity contribution in [3.63, 3.8) is 0 Å². The maximum Gasteiger partial charge on any atom is 0.341 e. The second-order valence-corrected chi connectivity index (χ2v) is 8.53. The minimum Gasteiger partial charge on any atom is -0.462 e. The summed E-state index contributed by atoms with van der Waals surface area (Å²) in [7, 11) is 0. The number of rotatable bonds is 8. The molecule has 1 aromatic carbocycles. The second-order valence-electron chi connectivity index (χ2n) is 8.53. The zero-order valence-electron chi connectivity index (χ0n) is 20.8. The molecule has 0 aliphatic heterocycles. The summed E-state index contributed by atoms with van der Waals surface area (Å²) >= 11 is 0. The predicted molar refractivity (Wildman–Crippen MR) is 135 cm³/mol. The number of hydrogen-bond donors (Lipinski definition) is 0. The number of aromatic nitrogens is 3. The number of carbonyl (C=O) groups is 2. The molecule has 0 atom stereocenters. The van der Waals surface area contributed by atoms with Crippen LogP contribution in [0.15, 0.2) is 64.5 Å². The van der Waals surface area contributed by atoms with Gasteiger partial charge in [-0.05, 0) is 69.7 Å². The molecule has 0 bridgehead atoms. The Kier molecular flexibility index (Phi) is 7.88. The third-order valence-electron chi connectivity index (χ3n) is 5.56. The first-order chi connectivity index (χ1) is 17.8. The maximum absolute atomic E-state index is 13.4. The van der Waals surface area contributed by atoms with Crippen LogP contribution in [0.25, 0.3) is 16.7 Å². The number of amides is 1. The summed E-state index contributed by atoms with van der Waals surface area (Å²) in [5.41, 5.74) is 0.361. The van der Waals surface area contributed by atoms with Crippen molar-refractivity contribution in [2.24, 2.45) is 4.99 Å². The molecule has 0 saturated heterocycles. The van der Waals surface area contributed by atoms with E-state index in [9.17, 15) is 18.8 Å². The van der Waals surface area contributed by atoms with E-state index in [4.69, 9.17) is 9.47 Å². The lowest BCUT2D eigenvalue weighted by Crippen LogP contribution is -2.33. The first kappa shape index (κ1) is 25.9. The Morgan fingerprint density at radius 3 is 2.59 bits per heavy atom. The summed E-state index contributed by atoms with van der Waals surface area (Å²) in [5.74, 6) is -1.92. The number of pyridine rings is 2. The van der Waals surface area contributed by atoms with Gasteiger partial charge >= 0.3 is 5.97 Å². The molecule has 0 radical (unpaired) electrons. The summed E-state index contributed by atoms with van der Waals surface area (Å²) in [6.45, 7) is 6.22. The van der Waals surface area contributed by atoms with Gasteiger partial charge in [-0.15, -0.1) is 0 Å². The number of carbonyl (C=O) groups excluding carboxylic acids is 2.